The van der Waals surface area contributed by atoms with E-state index in [-0.39, 0.29) is 50.3 Å². The molecule has 6 rings (SSSR count). The van der Waals surface area contributed by atoms with Gasteiger partial charge in [-0.1, -0.05) is 0 Å². The van der Waals surface area contributed by atoms with Gasteiger partial charge in [-0.2, -0.15) is 0 Å². The molecule has 0 atom stereocenters. The van der Waals surface area contributed by atoms with Gasteiger partial charge in [0.2, 0.25) is 0 Å². The van der Waals surface area contributed by atoms with Crippen LogP contribution >= 0.6 is 0 Å². The summed E-state index contributed by atoms with van der Waals surface area (Å²) in [6.07, 6.45) is 0. The van der Waals surface area contributed by atoms with E-state index in [2.05, 4.69) is 0 Å². The second-order valence-electron chi connectivity index (χ2n) is 9.19. The topological polar surface area (TPSA) is 202 Å². The highest BCUT2D eigenvalue weighted by Gasteiger charge is 2.27. The van der Waals surface area contributed by atoms with Crippen molar-refractivity contribution in [1.29, 1.82) is 0 Å². The van der Waals surface area contributed by atoms with Crippen LogP contribution in [0.2, 0.25) is 0 Å². The Labute approximate surface area is 227 Å². The molecular formula is C30H18O11. The summed E-state index contributed by atoms with van der Waals surface area (Å²) in [5, 5.41) is 71.6. The van der Waals surface area contributed by atoms with Crippen molar-refractivity contribution in [3.8, 4) is 74.0 Å². The van der Waals surface area contributed by atoms with Crippen LogP contribution in [0.25, 0.3) is 55.7 Å². The van der Waals surface area contributed by atoms with E-state index in [4.69, 9.17) is 8.83 Å². The number of fused-ring (bicyclic) bond motifs is 2. The van der Waals surface area contributed by atoms with Gasteiger partial charge in [-0.25, -0.2) is 0 Å². The van der Waals surface area contributed by atoms with Gasteiger partial charge in [0.25, 0.3) is 0 Å². The number of rotatable bonds is 3. The van der Waals surface area contributed by atoms with Gasteiger partial charge >= 0.3 is 0 Å². The molecule has 4 aromatic carbocycles. The summed E-state index contributed by atoms with van der Waals surface area (Å²) < 4.78 is 11.9. The molecule has 0 bridgehead atoms. The molecule has 0 aliphatic carbocycles. The van der Waals surface area contributed by atoms with Crippen LogP contribution in [-0.4, -0.2) is 35.7 Å². The lowest BCUT2D eigenvalue weighted by Crippen LogP contribution is -2.04. The first-order valence-corrected chi connectivity index (χ1v) is 11.9. The standard InChI is InChI=1S/C30H18O11/c31-14-4-1-12(2-5-14)23-10-21(38)25-17(34)8-19(36)27(29(25)40-23)28-20(37)9-18(35)26-22(39)11-24(41-30(26)28)13-3-6-15(32)16(33)7-13/h1-11,31-37H. The lowest BCUT2D eigenvalue weighted by Gasteiger charge is -2.15. The lowest BCUT2D eigenvalue weighted by atomic mass is 9.96. The molecule has 2 aromatic heterocycles. The summed E-state index contributed by atoms with van der Waals surface area (Å²) in [6, 6.07) is 13.1. The van der Waals surface area contributed by atoms with Crippen molar-refractivity contribution in [2.75, 3.05) is 0 Å². The van der Waals surface area contributed by atoms with Crippen LogP contribution in [0.1, 0.15) is 0 Å². The molecular weight excluding hydrogens is 536 g/mol. The van der Waals surface area contributed by atoms with Crippen molar-refractivity contribution in [3.05, 3.63) is 87.2 Å². The Bertz CT molecular complexity index is 2160. The van der Waals surface area contributed by atoms with Crippen molar-refractivity contribution in [1.82, 2.24) is 0 Å². The second-order valence-corrected chi connectivity index (χ2v) is 9.19. The Balaban J connectivity index is 1.74. The zero-order chi connectivity index (χ0) is 29.2. The Morgan fingerprint density at radius 1 is 0.439 bits per heavy atom. The van der Waals surface area contributed by atoms with Crippen LogP contribution in [0, 0.1) is 0 Å². The van der Waals surface area contributed by atoms with Gasteiger partial charge in [-0.05, 0) is 42.5 Å². The Hall–Kier alpha value is -6.10. The van der Waals surface area contributed by atoms with E-state index >= 15 is 0 Å². The number of phenolic OH excluding ortho intramolecular Hbond substituents is 7. The van der Waals surface area contributed by atoms with Gasteiger partial charge in [0.15, 0.2) is 33.5 Å². The van der Waals surface area contributed by atoms with Crippen LogP contribution in [0.5, 0.6) is 40.2 Å². The van der Waals surface area contributed by atoms with Crippen molar-refractivity contribution < 1.29 is 44.6 Å². The van der Waals surface area contributed by atoms with Gasteiger partial charge in [-0.3, -0.25) is 9.59 Å². The number of hydrogen-bond acceptors (Lipinski definition) is 11. The number of aromatic hydroxyl groups is 7. The van der Waals surface area contributed by atoms with Crippen molar-refractivity contribution in [2.45, 2.75) is 0 Å². The first kappa shape index (κ1) is 25.2. The third-order valence-corrected chi connectivity index (χ3v) is 6.58. The number of hydrogen-bond donors (Lipinski definition) is 7. The number of phenols is 7. The van der Waals surface area contributed by atoms with Gasteiger partial charge in [0.1, 0.15) is 51.0 Å². The minimum atomic E-state index is -0.763. The molecule has 0 aliphatic heterocycles. The highest BCUT2D eigenvalue weighted by atomic mass is 16.3. The van der Waals surface area contributed by atoms with E-state index < -0.39 is 50.9 Å². The quantitative estimate of drug-likeness (QED) is 0.148. The molecule has 0 fully saturated rings. The highest BCUT2D eigenvalue weighted by Crippen LogP contribution is 2.49. The maximum absolute atomic E-state index is 13.2. The monoisotopic (exact) mass is 554 g/mol. The average molecular weight is 554 g/mol. The zero-order valence-electron chi connectivity index (χ0n) is 20.6. The van der Waals surface area contributed by atoms with Crippen molar-refractivity contribution >= 4 is 21.9 Å². The van der Waals surface area contributed by atoms with Crippen LogP contribution in [0.4, 0.5) is 0 Å². The largest absolute Gasteiger partial charge is 0.508 e. The third kappa shape index (κ3) is 4.00. The van der Waals surface area contributed by atoms with Crippen LogP contribution in [0.3, 0.4) is 0 Å². The predicted molar refractivity (Wildman–Crippen MR) is 146 cm³/mol. The highest BCUT2D eigenvalue weighted by molar-refractivity contribution is 6.08. The molecule has 0 unspecified atom stereocenters. The van der Waals surface area contributed by atoms with Crippen LogP contribution < -0.4 is 10.9 Å². The predicted octanol–water partition coefficient (Wildman–Crippen LogP) is 4.84. The molecule has 2 heterocycles. The Kier molecular flexibility index (Phi) is 5.52. The molecule has 41 heavy (non-hydrogen) atoms. The summed E-state index contributed by atoms with van der Waals surface area (Å²) in [7, 11) is 0. The summed E-state index contributed by atoms with van der Waals surface area (Å²) in [6.45, 7) is 0. The van der Waals surface area contributed by atoms with E-state index in [0.29, 0.717) is 5.56 Å². The number of benzene rings is 4. The molecule has 204 valence electrons. The fourth-order valence-corrected chi connectivity index (χ4v) is 4.67. The fourth-order valence-electron chi connectivity index (χ4n) is 4.67. The smallest absolute Gasteiger partial charge is 0.197 e. The second kappa shape index (κ2) is 8.99. The molecule has 0 amide bonds. The maximum Gasteiger partial charge on any atom is 0.197 e. The molecule has 0 saturated heterocycles. The molecule has 11 nitrogen and oxygen atoms in total. The molecule has 0 spiro atoms. The van der Waals surface area contributed by atoms with Gasteiger partial charge in [0.05, 0.1) is 11.1 Å². The average Bonchev–Trinajstić information content (AvgIpc) is 2.91. The van der Waals surface area contributed by atoms with Crippen molar-refractivity contribution in [3.63, 3.8) is 0 Å². The van der Waals surface area contributed by atoms with E-state index in [0.717, 1.165) is 36.4 Å². The Morgan fingerprint density at radius 2 is 0.902 bits per heavy atom. The molecule has 0 aliphatic rings. The fraction of sp³-hybridized carbons (Fsp3) is 0. The summed E-state index contributed by atoms with van der Waals surface area (Å²) in [5.74, 6) is -3.75. The van der Waals surface area contributed by atoms with Crippen LogP contribution in [0.15, 0.2) is 85.2 Å². The van der Waals surface area contributed by atoms with E-state index in [1.807, 2.05) is 0 Å². The summed E-state index contributed by atoms with van der Waals surface area (Å²) >= 11 is 0. The molecule has 7 N–H and O–H groups in total. The van der Waals surface area contributed by atoms with Gasteiger partial charge < -0.3 is 44.6 Å². The van der Waals surface area contributed by atoms with E-state index in [1.165, 1.54) is 30.3 Å². The summed E-state index contributed by atoms with van der Waals surface area (Å²) in [4.78, 5) is 26.3. The zero-order valence-corrected chi connectivity index (χ0v) is 20.6. The lowest BCUT2D eigenvalue weighted by molar-refractivity contribution is 0.404. The SMILES string of the molecule is O=c1cc(-c2ccc(O)cc2)oc2c(-c3c(O)cc(O)c4c(=O)cc(-c5ccc(O)c(O)c5)oc34)c(O)cc(O)c12. The minimum absolute atomic E-state index is 0.0157. The Morgan fingerprint density at radius 3 is 1.39 bits per heavy atom. The van der Waals surface area contributed by atoms with Gasteiger partial charge in [0, 0.05) is 35.4 Å². The van der Waals surface area contributed by atoms with E-state index in [1.54, 1.807) is 0 Å². The molecule has 0 saturated carbocycles. The first-order chi connectivity index (χ1) is 19.5. The van der Waals surface area contributed by atoms with Gasteiger partial charge in [-0.15, -0.1) is 0 Å². The van der Waals surface area contributed by atoms with E-state index in [9.17, 15) is 45.3 Å². The third-order valence-electron chi connectivity index (χ3n) is 6.58. The minimum Gasteiger partial charge on any atom is -0.508 e. The summed E-state index contributed by atoms with van der Waals surface area (Å²) in [5.41, 5.74) is -2.46. The molecule has 0 radical (unpaired) electrons. The molecule has 6 aromatic rings. The molecule has 11 heteroatoms. The van der Waals surface area contributed by atoms with Crippen molar-refractivity contribution in [2.24, 2.45) is 0 Å². The van der Waals surface area contributed by atoms with Crippen LogP contribution in [-0.2, 0) is 0 Å². The first-order valence-electron chi connectivity index (χ1n) is 11.9. The maximum atomic E-state index is 13.2. The normalized spacial score (nSPS) is 11.3.